The van der Waals surface area contributed by atoms with E-state index in [1.165, 1.54) is 19.2 Å². The van der Waals surface area contributed by atoms with E-state index < -0.39 is 5.97 Å². The largest absolute Gasteiger partial charge is 0.495 e. The monoisotopic (exact) mass is 262 g/mol. The average molecular weight is 262 g/mol. The zero-order valence-corrected chi connectivity index (χ0v) is 10.6. The average Bonchev–Trinajstić information content (AvgIpc) is 2.81. The van der Waals surface area contributed by atoms with Crippen LogP contribution in [-0.4, -0.2) is 33.2 Å². The molecule has 0 atom stereocenters. The number of rotatable bonds is 5. The highest BCUT2D eigenvalue weighted by Gasteiger charge is 2.09. The molecule has 0 radical (unpaired) electrons. The fourth-order valence-corrected chi connectivity index (χ4v) is 1.64. The lowest BCUT2D eigenvalue weighted by molar-refractivity contribution is 0.0697. The summed E-state index contributed by atoms with van der Waals surface area (Å²) in [6.07, 6.45) is 1.64. The van der Waals surface area contributed by atoms with Crippen molar-refractivity contribution >= 4 is 11.7 Å². The van der Waals surface area contributed by atoms with Crippen molar-refractivity contribution in [3.8, 4) is 5.75 Å². The number of aromatic nitrogens is 3. The molecule has 7 nitrogen and oxygen atoms in total. The van der Waals surface area contributed by atoms with Gasteiger partial charge < -0.3 is 15.2 Å². The van der Waals surface area contributed by atoms with Crippen LogP contribution in [0.1, 0.15) is 16.1 Å². The Hall–Kier alpha value is -2.57. The van der Waals surface area contributed by atoms with Crippen LogP contribution in [0.25, 0.3) is 0 Å². The number of carboxylic acids is 1. The van der Waals surface area contributed by atoms with Crippen molar-refractivity contribution in [1.82, 2.24) is 15.0 Å². The number of benzene rings is 1. The van der Waals surface area contributed by atoms with Gasteiger partial charge in [-0.2, -0.15) is 0 Å². The Morgan fingerprint density at radius 1 is 1.53 bits per heavy atom. The molecule has 0 amide bonds. The molecule has 0 aliphatic heterocycles. The maximum Gasteiger partial charge on any atom is 0.335 e. The standard InChI is InChI=1S/C12H14N4O3/c1-16-9(7-14-15-16)6-13-10-5-8(12(17)18)3-4-11(10)19-2/h3-5,7,13H,6H2,1-2H3,(H,17,18). The van der Waals surface area contributed by atoms with E-state index in [0.29, 0.717) is 18.0 Å². The van der Waals surface area contributed by atoms with Crippen LogP contribution >= 0.6 is 0 Å². The van der Waals surface area contributed by atoms with Crippen molar-refractivity contribution < 1.29 is 14.6 Å². The van der Waals surface area contributed by atoms with Crippen LogP contribution in [0, 0.1) is 0 Å². The third-order valence-electron chi connectivity index (χ3n) is 2.71. The molecule has 7 heteroatoms. The Labute approximate surface area is 109 Å². The van der Waals surface area contributed by atoms with E-state index in [9.17, 15) is 4.79 Å². The lowest BCUT2D eigenvalue weighted by Crippen LogP contribution is -2.07. The van der Waals surface area contributed by atoms with Crippen molar-refractivity contribution in [2.45, 2.75) is 6.54 Å². The van der Waals surface area contributed by atoms with E-state index in [1.807, 2.05) is 0 Å². The number of aryl methyl sites for hydroxylation is 1. The summed E-state index contributed by atoms with van der Waals surface area (Å²) >= 11 is 0. The molecule has 100 valence electrons. The van der Waals surface area contributed by atoms with Gasteiger partial charge in [-0.3, -0.25) is 4.68 Å². The fraction of sp³-hybridized carbons (Fsp3) is 0.250. The van der Waals surface area contributed by atoms with E-state index in [2.05, 4.69) is 15.6 Å². The maximum absolute atomic E-state index is 10.9. The first-order valence-electron chi connectivity index (χ1n) is 5.60. The summed E-state index contributed by atoms with van der Waals surface area (Å²) < 4.78 is 6.83. The number of hydrogen-bond acceptors (Lipinski definition) is 5. The van der Waals surface area contributed by atoms with Crippen LogP contribution in [0.5, 0.6) is 5.75 Å². The molecule has 2 N–H and O–H groups in total. The lowest BCUT2D eigenvalue weighted by atomic mass is 10.2. The zero-order valence-electron chi connectivity index (χ0n) is 10.6. The van der Waals surface area contributed by atoms with Gasteiger partial charge in [0.2, 0.25) is 0 Å². The van der Waals surface area contributed by atoms with Gasteiger partial charge in [0.15, 0.2) is 0 Å². The summed E-state index contributed by atoms with van der Waals surface area (Å²) in [5, 5.41) is 19.7. The topological polar surface area (TPSA) is 89.3 Å². The zero-order chi connectivity index (χ0) is 13.8. The molecule has 0 fully saturated rings. The maximum atomic E-state index is 10.9. The lowest BCUT2D eigenvalue weighted by Gasteiger charge is -2.11. The predicted molar refractivity (Wildman–Crippen MR) is 68.3 cm³/mol. The number of hydrogen-bond donors (Lipinski definition) is 2. The van der Waals surface area contributed by atoms with Crippen LogP contribution in [0.4, 0.5) is 5.69 Å². The molecule has 0 saturated carbocycles. The first-order valence-corrected chi connectivity index (χ1v) is 5.60. The van der Waals surface area contributed by atoms with Crippen molar-refractivity contribution in [2.24, 2.45) is 7.05 Å². The summed E-state index contributed by atoms with van der Waals surface area (Å²) in [4.78, 5) is 10.9. The molecule has 0 spiro atoms. The summed E-state index contributed by atoms with van der Waals surface area (Å²) in [7, 11) is 3.32. The Balaban J connectivity index is 2.20. The Bertz CT molecular complexity index is 594. The number of ether oxygens (including phenoxy) is 1. The molecular formula is C12H14N4O3. The number of anilines is 1. The first-order chi connectivity index (χ1) is 9.11. The summed E-state index contributed by atoms with van der Waals surface area (Å²) in [5.74, 6) is -0.395. The second-order valence-corrected chi connectivity index (χ2v) is 3.92. The first kappa shape index (κ1) is 12.9. The SMILES string of the molecule is COc1ccc(C(=O)O)cc1NCc1cnnn1C. The second kappa shape index (κ2) is 5.38. The molecule has 0 unspecified atom stereocenters. The van der Waals surface area contributed by atoms with Crippen molar-refractivity contribution in [2.75, 3.05) is 12.4 Å². The molecule has 1 heterocycles. The molecular weight excluding hydrogens is 248 g/mol. The summed E-state index contributed by atoms with van der Waals surface area (Å²) in [6, 6.07) is 4.65. The van der Waals surface area contributed by atoms with Gasteiger partial charge in [0.25, 0.3) is 0 Å². The van der Waals surface area contributed by atoms with Gasteiger partial charge in [0.1, 0.15) is 5.75 Å². The molecule has 0 bridgehead atoms. The molecule has 0 aliphatic rings. The van der Waals surface area contributed by atoms with Gasteiger partial charge in [0, 0.05) is 7.05 Å². The van der Waals surface area contributed by atoms with E-state index >= 15 is 0 Å². The minimum Gasteiger partial charge on any atom is -0.495 e. The van der Waals surface area contributed by atoms with Crippen LogP contribution in [0.2, 0.25) is 0 Å². The van der Waals surface area contributed by atoms with Crippen LogP contribution in [0.3, 0.4) is 0 Å². The van der Waals surface area contributed by atoms with Gasteiger partial charge in [-0.15, -0.1) is 5.10 Å². The van der Waals surface area contributed by atoms with E-state index in [0.717, 1.165) is 5.69 Å². The van der Waals surface area contributed by atoms with Gasteiger partial charge in [0.05, 0.1) is 36.8 Å². The van der Waals surface area contributed by atoms with Gasteiger partial charge in [-0.05, 0) is 18.2 Å². The van der Waals surface area contributed by atoms with Crippen molar-refractivity contribution in [1.29, 1.82) is 0 Å². The van der Waals surface area contributed by atoms with Gasteiger partial charge in [-0.1, -0.05) is 5.21 Å². The molecule has 2 aromatic rings. The highest BCUT2D eigenvalue weighted by atomic mass is 16.5. The smallest absolute Gasteiger partial charge is 0.335 e. The predicted octanol–water partition coefficient (Wildman–Crippen LogP) is 1.13. The van der Waals surface area contributed by atoms with Crippen LogP contribution in [0.15, 0.2) is 24.4 Å². The Morgan fingerprint density at radius 2 is 2.32 bits per heavy atom. The van der Waals surface area contributed by atoms with E-state index in [1.54, 1.807) is 24.0 Å². The van der Waals surface area contributed by atoms with Crippen LogP contribution in [-0.2, 0) is 13.6 Å². The second-order valence-electron chi connectivity index (χ2n) is 3.92. The summed E-state index contributed by atoms with van der Waals surface area (Å²) in [6.45, 7) is 0.475. The highest BCUT2D eigenvalue weighted by Crippen LogP contribution is 2.25. The quantitative estimate of drug-likeness (QED) is 0.839. The molecule has 1 aromatic heterocycles. The number of nitrogens with one attached hydrogen (secondary N) is 1. The Morgan fingerprint density at radius 3 is 2.89 bits per heavy atom. The number of methoxy groups -OCH3 is 1. The molecule has 1 aromatic carbocycles. The minimum atomic E-state index is -0.979. The molecule has 19 heavy (non-hydrogen) atoms. The fourth-order valence-electron chi connectivity index (χ4n) is 1.64. The van der Waals surface area contributed by atoms with E-state index in [4.69, 9.17) is 9.84 Å². The summed E-state index contributed by atoms with van der Waals surface area (Å²) in [5.41, 5.74) is 1.69. The number of aromatic carboxylic acids is 1. The van der Waals surface area contributed by atoms with Gasteiger partial charge >= 0.3 is 5.97 Å². The number of carbonyl (C=O) groups is 1. The number of nitrogens with zero attached hydrogens (tertiary/aromatic N) is 3. The normalized spacial score (nSPS) is 10.2. The highest BCUT2D eigenvalue weighted by molar-refractivity contribution is 5.89. The third kappa shape index (κ3) is 2.82. The van der Waals surface area contributed by atoms with Crippen LogP contribution < -0.4 is 10.1 Å². The molecule has 0 saturated heterocycles. The third-order valence-corrected chi connectivity index (χ3v) is 2.71. The van der Waals surface area contributed by atoms with E-state index in [-0.39, 0.29) is 5.56 Å². The van der Waals surface area contributed by atoms with Gasteiger partial charge in [-0.25, -0.2) is 4.79 Å². The number of carboxylic acid groups (broad SMARTS) is 1. The van der Waals surface area contributed by atoms with Crippen molar-refractivity contribution in [3.63, 3.8) is 0 Å². The molecule has 0 aliphatic carbocycles. The minimum absolute atomic E-state index is 0.200. The Kier molecular flexibility index (Phi) is 3.65. The molecule has 2 rings (SSSR count). The van der Waals surface area contributed by atoms with Crippen molar-refractivity contribution in [3.05, 3.63) is 35.7 Å².